The number of nitrogens with one attached hydrogen (secondary N) is 1. The number of aromatic nitrogens is 4. The third-order valence-corrected chi connectivity index (χ3v) is 7.32. The molecule has 9 nitrogen and oxygen atoms in total. The van der Waals surface area contributed by atoms with E-state index in [9.17, 15) is 9.59 Å². The average Bonchev–Trinajstić information content (AvgIpc) is 3.42. The summed E-state index contributed by atoms with van der Waals surface area (Å²) in [5.41, 5.74) is 4.07. The Hall–Kier alpha value is -3.37. The number of anilines is 1. The molecule has 1 aliphatic rings. The number of Topliss-reactive ketones (excluding diaryl/α,β-unsaturated/α-hetero) is 1. The van der Waals surface area contributed by atoms with E-state index in [0.29, 0.717) is 24.2 Å². The van der Waals surface area contributed by atoms with E-state index < -0.39 is 0 Å². The van der Waals surface area contributed by atoms with Crippen molar-refractivity contribution in [2.45, 2.75) is 51.3 Å². The number of carbonyl (C=O) groups excluding carboxylic acids is 2. The van der Waals surface area contributed by atoms with Crippen LogP contribution in [-0.4, -0.2) is 69.0 Å². The highest BCUT2D eigenvalue weighted by Crippen LogP contribution is 2.31. The number of nitrogens with zero attached hydrogens (tertiary/aromatic N) is 5. The molecule has 1 N–H and O–H groups in total. The van der Waals surface area contributed by atoms with E-state index in [1.54, 1.807) is 23.9 Å². The zero-order valence-corrected chi connectivity index (χ0v) is 21.5. The molecule has 0 amide bonds. The molecule has 5 rings (SSSR count). The van der Waals surface area contributed by atoms with Crippen molar-refractivity contribution in [2.75, 3.05) is 26.0 Å². The number of fused-ring (bicyclic) bond motifs is 2. The highest BCUT2D eigenvalue weighted by molar-refractivity contribution is 7.22. The summed E-state index contributed by atoms with van der Waals surface area (Å²) in [4.78, 5) is 39.5. The molecule has 0 saturated heterocycles. The number of esters is 1. The number of hydrogen-bond donors (Lipinski definition) is 1. The molecule has 36 heavy (non-hydrogen) atoms. The van der Waals surface area contributed by atoms with Gasteiger partial charge in [0, 0.05) is 18.7 Å². The first kappa shape index (κ1) is 24.3. The molecule has 0 spiro atoms. The number of thiazole rings is 1. The second-order valence-corrected chi connectivity index (χ2v) is 10.6. The van der Waals surface area contributed by atoms with Crippen LogP contribution in [0.2, 0.25) is 0 Å². The van der Waals surface area contributed by atoms with Crippen LogP contribution in [-0.2, 0) is 16.1 Å². The maximum absolute atomic E-state index is 12.4. The number of pyridine rings is 1. The lowest BCUT2D eigenvalue weighted by Crippen LogP contribution is -2.39. The first-order valence-corrected chi connectivity index (χ1v) is 13.0. The van der Waals surface area contributed by atoms with Crippen LogP contribution in [0.1, 0.15) is 48.5 Å². The average molecular weight is 507 g/mol. The second kappa shape index (κ2) is 10.3. The molecule has 3 aromatic heterocycles. The molecule has 0 aliphatic heterocycles. The fourth-order valence-corrected chi connectivity index (χ4v) is 5.69. The Morgan fingerprint density at radius 2 is 2.00 bits per heavy atom. The number of ketones is 1. The summed E-state index contributed by atoms with van der Waals surface area (Å²) in [6.07, 6.45) is 7.31. The van der Waals surface area contributed by atoms with E-state index >= 15 is 0 Å². The third-order valence-electron chi connectivity index (χ3n) is 6.37. The van der Waals surface area contributed by atoms with Crippen molar-refractivity contribution < 1.29 is 14.3 Å². The van der Waals surface area contributed by atoms with Crippen LogP contribution in [0.3, 0.4) is 0 Å². The van der Waals surface area contributed by atoms with Gasteiger partial charge in [-0.1, -0.05) is 23.8 Å². The lowest BCUT2D eigenvalue weighted by molar-refractivity contribution is -0.148. The van der Waals surface area contributed by atoms with Crippen molar-refractivity contribution in [2.24, 2.45) is 0 Å². The maximum Gasteiger partial charge on any atom is 0.302 e. The first-order valence-electron chi connectivity index (χ1n) is 12.2. The Balaban J connectivity index is 1.32. The minimum absolute atomic E-state index is 0.0245. The van der Waals surface area contributed by atoms with Gasteiger partial charge in [-0.05, 0) is 57.1 Å². The Bertz CT molecular complexity index is 1410. The van der Waals surface area contributed by atoms with Crippen molar-refractivity contribution in [3.8, 4) is 0 Å². The minimum Gasteiger partial charge on any atom is -0.460 e. The van der Waals surface area contributed by atoms with E-state index in [2.05, 4.69) is 27.4 Å². The number of carbonyl (C=O) groups is 2. The van der Waals surface area contributed by atoms with Crippen LogP contribution in [0, 0.1) is 0 Å². The summed E-state index contributed by atoms with van der Waals surface area (Å²) >= 11 is 1.61. The molecule has 1 fully saturated rings. The Morgan fingerprint density at radius 3 is 2.81 bits per heavy atom. The summed E-state index contributed by atoms with van der Waals surface area (Å²) in [7, 11) is 3.74. The summed E-state index contributed by atoms with van der Waals surface area (Å²) in [6.45, 7) is 2.42. The molecule has 1 saturated carbocycles. The summed E-state index contributed by atoms with van der Waals surface area (Å²) < 4.78 is 8.62. The van der Waals surface area contributed by atoms with Gasteiger partial charge in [-0.2, -0.15) is 0 Å². The number of likely N-dealkylation sites (N-methyl/N-ethyl adjacent to an activating group) is 1. The van der Waals surface area contributed by atoms with Gasteiger partial charge in [0.2, 0.25) is 0 Å². The van der Waals surface area contributed by atoms with Gasteiger partial charge in [-0.15, -0.1) is 0 Å². The summed E-state index contributed by atoms with van der Waals surface area (Å²) in [5.74, 6) is -0.211. The molecule has 0 radical (unpaired) electrons. The summed E-state index contributed by atoms with van der Waals surface area (Å²) in [5, 5.41) is 4.36. The number of rotatable bonds is 8. The monoisotopic (exact) mass is 506 g/mol. The van der Waals surface area contributed by atoms with Gasteiger partial charge in [0.05, 0.1) is 35.7 Å². The molecule has 10 heteroatoms. The molecule has 1 aromatic carbocycles. The molecule has 1 aliphatic carbocycles. The van der Waals surface area contributed by atoms with Crippen LogP contribution in [0.15, 0.2) is 36.8 Å². The number of ether oxygens (including phenoxy) is 1. The van der Waals surface area contributed by atoms with E-state index in [4.69, 9.17) is 9.72 Å². The van der Waals surface area contributed by atoms with Gasteiger partial charge in [-0.25, -0.2) is 15.0 Å². The number of benzene rings is 1. The third kappa shape index (κ3) is 5.39. The molecule has 0 unspecified atom stereocenters. The van der Waals surface area contributed by atoms with Crippen LogP contribution in [0.4, 0.5) is 5.13 Å². The predicted octanol–water partition coefficient (Wildman–Crippen LogP) is 4.12. The molecule has 3 heterocycles. The van der Waals surface area contributed by atoms with Crippen molar-refractivity contribution in [3.05, 3.63) is 47.9 Å². The normalized spacial score (nSPS) is 18.1. The van der Waals surface area contributed by atoms with Crippen LogP contribution >= 0.6 is 11.3 Å². The highest BCUT2D eigenvalue weighted by atomic mass is 32.1. The van der Waals surface area contributed by atoms with Crippen molar-refractivity contribution in [1.82, 2.24) is 24.4 Å². The Kier molecular flexibility index (Phi) is 6.97. The lowest BCUT2D eigenvalue weighted by atomic mass is 9.92. The largest absolute Gasteiger partial charge is 0.460 e. The lowest BCUT2D eigenvalue weighted by Gasteiger charge is -2.31. The van der Waals surface area contributed by atoms with E-state index in [-0.39, 0.29) is 23.9 Å². The summed E-state index contributed by atoms with van der Waals surface area (Å²) in [6, 6.07) is 8.13. The van der Waals surface area contributed by atoms with Gasteiger partial charge in [0.25, 0.3) is 0 Å². The molecule has 188 valence electrons. The van der Waals surface area contributed by atoms with Crippen LogP contribution < -0.4 is 5.32 Å². The highest BCUT2D eigenvalue weighted by Gasteiger charge is 2.28. The standard InChI is InChI=1S/C26H30N6O3S/c1-16(33)35-23-7-5-4-6-19(23)29-26-30-20-9-8-17(10-24(20)36-26)13-32-15-28-21-11-18(12-27-25(21)32)22(34)14-31(2)3/h8-12,15,19,23H,4-7,13-14H2,1-3H3,(H,29,30)/t19-,23-/m1/s1. The van der Waals surface area contributed by atoms with Crippen LogP contribution in [0.25, 0.3) is 21.4 Å². The van der Waals surface area contributed by atoms with Gasteiger partial charge in [0.15, 0.2) is 16.6 Å². The SMILES string of the molecule is CC(=O)O[C@@H]1CCCC[C@H]1Nc1nc2ccc(Cn3cnc4cc(C(=O)CN(C)C)cnc43)cc2s1. The van der Waals surface area contributed by atoms with Gasteiger partial charge in [-0.3, -0.25) is 9.59 Å². The predicted molar refractivity (Wildman–Crippen MR) is 141 cm³/mol. The zero-order chi connectivity index (χ0) is 25.2. The van der Waals surface area contributed by atoms with E-state index in [0.717, 1.165) is 52.2 Å². The Labute approximate surface area is 213 Å². The minimum atomic E-state index is -0.236. The smallest absolute Gasteiger partial charge is 0.302 e. The van der Waals surface area contributed by atoms with E-state index in [1.165, 1.54) is 6.92 Å². The van der Waals surface area contributed by atoms with Gasteiger partial charge < -0.3 is 19.5 Å². The fourth-order valence-electron chi connectivity index (χ4n) is 4.70. The van der Waals surface area contributed by atoms with Crippen LogP contribution in [0.5, 0.6) is 0 Å². The van der Waals surface area contributed by atoms with Crippen molar-refractivity contribution >= 4 is 49.6 Å². The van der Waals surface area contributed by atoms with Crippen molar-refractivity contribution in [3.63, 3.8) is 0 Å². The molecule has 2 atom stereocenters. The maximum atomic E-state index is 12.4. The number of hydrogen-bond acceptors (Lipinski definition) is 9. The molecule has 4 aromatic rings. The van der Waals surface area contributed by atoms with E-state index in [1.807, 2.05) is 35.7 Å². The quantitative estimate of drug-likeness (QED) is 0.281. The molecular formula is C26H30N6O3S. The molecule has 0 bridgehead atoms. The zero-order valence-electron chi connectivity index (χ0n) is 20.7. The van der Waals surface area contributed by atoms with Gasteiger partial charge >= 0.3 is 5.97 Å². The fraction of sp³-hybridized carbons (Fsp3) is 0.423. The van der Waals surface area contributed by atoms with Crippen molar-refractivity contribution in [1.29, 1.82) is 0 Å². The van der Waals surface area contributed by atoms with Gasteiger partial charge in [0.1, 0.15) is 11.6 Å². The number of imidazole rings is 1. The second-order valence-electron chi connectivity index (χ2n) is 9.60. The first-order chi connectivity index (χ1) is 17.4. The Morgan fingerprint density at radius 1 is 1.17 bits per heavy atom. The topological polar surface area (TPSA) is 102 Å². The molecular weight excluding hydrogens is 476 g/mol.